The summed E-state index contributed by atoms with van der Waals surface area (Å²) in [4.78, 5) is 31.8. The zero-order valence-corrected chi connectivity index (χ0v) is 15.9. The molecule has 0 aromatic carbocycles. The van der Waals surface area contributed by atoms with Crippen LogP contribution in [0.25, 0.3) is 0 Å². The molecule has 0 bridgehead atoms. The van der Waals surface area contributed by atoms with Crippen LogP contribution in [0.4, 0.5) is 0 Å². The van der Waals surface area contributed by atoms with Gasteiger partial charge in [0.2, 0.25) is 5.91 Å². The molecule has 0 radical (unpaired) electrons. The summed E-state index contributed by atoms with van der Waals surface area (Å²) in [5, 5.41) is 0. The van der Waals surface area contributed by atoms with Crippen LogP contribution in [0.5, 0.6) is 0 Å². The molecule has 1 atom stereocenters. The van der Waals surface area contributed by atoms with Crippen molar-refractivity contribution in [2.24, 2.45) is 11.8 Å². The second kappa shape index (κ2) is 7.10. The van der Waals surface area contributed by atoms with E-state index < -0.39 is 0 Å². The highest BCUT2D eigenvalue weighted by molar-refractivity contribution is 7.14. The second-order valence-corrected chi connectivity index (χ2v) is 9.14. The average molecular weight is 361 g/mol. The fourth-order valence-electron chi connectivity index (χ4n) is 4.40. The number of amides is 2. The Morgan fingerprint density at radius 2 is 1.76 bits per heavy atom. The second-order valence-electron chi connectivity index (χ2n) is 8.01. The summed E-state index contributed by atoms with van der Waals surface area (Å²) in [6, 6.07) is 2.08. The maximum absolute atomic E-state index is 12.9. The van der Waals surface area contributed by atoms with Gasteiger partial charge in [-0.15, -0.1) is 11.3 Å². The molecule has 4 rings (SSSR count). The standard InChI is InChI=1S/C20H28N2O2S/c1-14-6-10-22(11-7-14)19(23)15-4-5-17-16(12-15)13-18(25-17)20(24)21-8-2-3-9-21/h13-15H,2-12H2,1H3/t15-/m1/s1. The van der Waals surface area contributed by atoms with Gasteiger partial charge in [-0.2, -0.15) is 0 Å². The molecular formula is C20H28N2O2S. The number of piperidine rings is 1. The number of carbonyl (C=O) groups excluding carboxylic acids is 2. The molecule has 4 nitrogen and oxygen atoms in total. The number of carbonyl (C=O) groups is 2. The van der Waals surface area contributed by atoms with Crippen molar-refractivity contribution >= 4 is 23.2 Å². The van der Waals surface area contributed by atoms with Crippen molar-refractivity contribution in [1.29, 1.82) is 0 Å². The molecule has 2 fully saturated rings. The van der Waals surface area contributed by atoms with E-state index in [2.05, 4.69) is 17.9 Å². The average Bonchev–Trinajstić information content (AvgIpc) is 3.30. The van der Waals surface area contributed by atoms with Crippen molar-refractivity contribution in [3.8, 4) is 0 Å². The third-order valence-electron chi connectivity index (χ3n) is 6.13. The fourth-order valence-corrected chi connectivity index (χ4v) is 5.58. The van der Waals surface area contributed by atoms with Gasteiger partial charge in [0, 0.05) is 37.0 Å². The van der Waals surface area contributed by atoms with E-state index in [4.69, 9.17) is 0 Å². The highest BCUT2D eigenvalue weighted by Gasteiger charge is 2.32. The van der Waals surface area contributed by atoms with Crippen LogP contribution in [0.2, 0.25) is 0 Å². The molecule has 1 aromatic rings. The number of aryl methyl sites for hydroxylation is 1. The van der Waals surface area contributed by atoms with E-state index >= 15 is 0 Å². The van der Waals surface area contributed by atoms with Crippen LogP contribution < -0.4 is 0 Å². The third kappa shape index (κ3) is 3.48. The number of rotatable bonds is 2. The zero-order valence-electron chi connectivity index (χ0n) is 15.1. The largest absolute Gasteiger partial charge is 0.342 e. The van der Waals surface area contributed by atoms with Gasteiger partial charge in [0.1, 0.15) is 0 Å². The SMILES string of the molecule is CC1CCN(C(=O)[C@@H]2CCc3sc(C(=O)N4CCCC4)cc3C2)CC1. The molecule has 0 unspecified atom stereocenters. The highest BCUT2D eigenvalue weighted by Crippen LogP contribution is 2.34. The fraction of sp³-hybridized carbons (Fsp3) is 0.700. The number of hydrogen-bond donors (Lipinski definition) is 0. The first-order chi connectivity index (χ1) is 12.1. The molecule has 2 amide bonds. The minimum atomic E-state index is 0.116. The highest BCUT2D eigenvalue weighted by atomic mass is 32.1. The van der Waals surface area contributed by atoms with E-state index in [0.717, 1.165) is 81.9 Å². The number of nitrogens with zero attached hydrogens (tertiary/aromatic N) is 2. The molecule has 3 heterocycles. The molecule has 0 spiro atoms. The zero-order chi connectivity index (χ0) is 17.4. The number of thiophene rings is 1. The predicted octanol–water partition coefficient (Wildman–Crippen LogP) is 3.35. The van der Waals surface area contributed by atoms with Crippen LogP contribution in [0.15, 0.2) is 6.07 Å². The molecule has 5 heteroatoms. The Kier molecular flexibility index (Phi) is 4.85. The molecule has 25 heavy (non-hydrogen) atoms. The Hall–Kier alpha value is -1.36. The molecule has 1 aromatic heterocycles. The maximum atomic E-state index is 12.9. The molecule has 0 N–H and O–H groups in total. The van der Waals surface area contributed by atoms with E-state index in [0.29, 0.717) is 5.91 Å². The predicted molar refractivity (Wildman–Crippen MR) is 99.9 cm³/mol. The van der Waals surface area contributed by atoms with E-state index in [-0.39, 0.29) is 11.8 Å². The number of likely N-dealkylation sites (tertiary alicyclic amines) is 2. The van der Waals surface area contributed by atoms with Crippen molar-refractivity contribution in [1.82, 2.24) is 9.80 Å². The van der Waals surface area contributed by atoms with Crippen LogP contribution in [0.3, 0.4) is 0 Å². The van der Waals surface area contributed by atoms with Crippen LogP contribution >= 0.6 is 11.3 Å². The first-order valence-corrected chi connectivity index (χ1v) is 10.6. The van der Waals surface area contributed by atoms with Gasteiger partial charge >= 0.3 is 0 Å². The van der Waals surface area contributed by atoms with Crippen molar-refractivity contribution < 1.29 is 9.59 Å². The molecule has 136 valence electrons. The first kappa shape index (κ1) is 17.1. The summed E-state index contributed by atoms with van der Waals surface area (Å²) < 4.78 is 0. The third-order valence-corrected chi connectivity index (χ3v) is 7.36. The Labute approximate surface area is 154 Å². The molecule has 1 aliphatic carbocycles. The summed E-state index contributed by atoms with van der Waals surface area (Å²) >= 11 is 1.66. The van der Waals surface area contributed by atoms with Crippen LogP contribution in [0, 0.1) is 11.8 Å². The Bertz CT molecular complexity index is 655. The Morgan fingerprint density at radius 1 is 1.04 bits per heavy atom. The van der Waals surface area contributed by atoms with E-state index in [1.54, 1.807) is 11.3 Å². The van der Waals surface area contributed by atoms with Gasteiger partial charge in [-0.25, -0.2) is 0 Å². The lowest BCUT2D eigenvalue weighted by molar-refractivity contribution is -0.137. The van der Waals surface area contributed by atoms with Gasteiger partial charge in [0.25, 0.3) is 5.91 Å². The van der Waals surface area contributed by atoms with Crippen LogP contribution in [-0.2, 0) is 17.6 Å². The quantitative estimate of drug-likeness (QED) is 0.811. The Balaban J connectivity index is 1.42. The Morgan fingerprint density at radius 3 is 2.48 bits per heavy atom. The maximum Gasteiger partial charge on any atom is 0.263 e. The van der Waals surface area contributed by atoms with Gasteiger partial charge in [-0.3, -0.25) is 9.59 Å². The lowest BCUT2D eigenvalue weighted by Crippen LogP contribution is -2.42. The van der Waals surface area contributed by atoms with Gasteiger partial charge < -0.3 is 9.80 Å². The van der Waals surface area contributed by atoms with Gasteiger partial charge in [0.05, 0.1) is 4.88 Å². The molecular weight excluding hydrogens is 332 g/mol. The number of hydrogen-bond acceptors (Lipinski definition) is 3. The van der Waals surface area contributed by atoms with Crippen LogP contribution in [0.1, 0.15) is 59.1 Å². The van der Waals surface area contributed by atoms with Crippen molar-refractivity contribution in [3.05, 3.63) is 21.4 Å². The lowest BCUT2D eigenvalue weighted by Gasteiger charge is -2.34. The molecule has 3 aliphatic rings. The van der Waals surface area contributed by atoms with Crippen molar-refractivity contribution in [2.75, 3.05) is 26.2 Å². The summed E-state index contributed by atoms with van der Waals surface area (Å²) in [5.74, 6) is 1.41. The minimum Gasteiger partial charge on any atom is -0.342 e. The van der Waals surface area contributed by atoms with E-state index in [1.807, 2.05) is 4.90 Å². The van der Waals surface area contributed by atoms with E-state index in [1.165, 1.54) is 10.4 Å². The molecule has 2 aliphatic heterocycles. The number of fused-ring (bicyclic) bond motifs is 1. The molecule has 0 saturated carbocycles. The topological polar surface area (TPSA) is 40.6 Å². The minimum absolute atomic E-state index is 0.116. The normalized spacial score (nSPS) is 24.4. The molecule has 2 saturated heterocycles. The monoisotopic (exact) mass is 360 g/mol. The summed E-state index contributed by atoms with van der Waals surface area (Å²) in [6.07, 6.45) is 7.24. The van der Waals surface area contributed by atoms with Crippen LogP contribution in [-0.4, -0.2) is 47.8 Å². The summed E-state index contributed by atoms with van der Waals surface area (Å²) in [6.45, 7) is 5.92. The van der Waals surface area contributed by atoms with Crippen molar-refractivity contribution in [2.45, 2.75) is 51.9 Å². The summed E-state index contributed by atoms with van der Waals surface area (Å²) in [7, 11) is 0. The smallest absolute Gasteiger partial charge is 0.263 e. The van der Waals surface area contributed by atoms with Gasteiger partial charge in [0.15, 0.2) is 0 Å². The van der Waals surface area contributed by atoms with Gasteiger partial charge in [-0.1, -0.05) is 6.92 Å². The van der Waals surface area contributed by atoms with E-state index in [9.17, 15) is 9.59 Å². The first-order valence-electron chi connectivity index (χ1n) is 9.81. The van der Waals surface area contributed by atoms with Crippen molar-refractivity contribution in [3.63, 3.8) is 0 Å². The lowest BCUT2D eigenvalue weighted by atomic mass is 9.86. The summed E-state index contributed by atoms with van der Waals surface area (Å²) in [5.41, 5.74) is 1.25. The van der Waals surface area contributed by atoms with Gasteiger partial charge in [-0.05, 0) is 62.5 Å².